The van der Waals surface area contributed by atoms with Gasteiger partial charge in [0.25, 0.3) is 0 Å². The fourth-order valence-corrected chi connectivity index (χ4v) is 7.86. The van der Waals surface area contributed by atoms with Crippen molar-refractivity contribution in [2.24, 2.45) is 29.6 Å². The molecule has 3 aliphatic carbocycles. The summed E-state index contributed by atoms with van der Waals surface area (Å²) in [6, 6.07) is -1.10. The predicted octanol–water partition coefficient (Wildman–Crippen LogP) is 6.61. The molecule has 0 saturated heterocycles. The molecule has 2 amide bonds. The Labute approximate surface area is 255 Å². The molecule has 0 spiro atoms. The molecule has 3 saturated carbocycles. The molecule has 6 nitrogen and oxygen atoms in total. The van der Waals surface area contributed by atoms with Gasteiger partial charge < -0.3 is 20.8 Å². The van der Waals surface area contributed by atoms with Gasteiger partial charge in [0.05, 0.1) is 12.1 Å². The van der Waals surface area contributed by atoms with E-state index in [1.807, 2.05) is 25.6 Å². The number of hydrogen-bond donors (Lipinski definition) is 4. The molecule has 0 aromatic heterocycles. The highest BCUT2D eigenvalue weighted by atomic mass is 32.2. The van der Waals surface area contributed by atoms with Crippen molar-refractivity contribution in [1.82, 2.24) is 10.6 Å². The molecule has 0 aromatic carbocycles. The summed E-state index contributed by atoms with van der Waals surface area (Å²) in [5.74, 6) is 2.25. The number of nitrogens with one attached hydrogen (secondary N) is 2. The van der Waals surface area contributed by atoms with Crippen molar-refractivity contribution in [3.05, 3.63) is 0 Å². The van der Waals surface area contributed by atoms with Gasteiger partial charge in [-0.2, -0.15) is 11.8 Å². The number of carbonyl (C=O) groups is 2. The summed E-state index contributed by atoms with van der Waals surface area (Å²) in [6.45, 7) is 10.7. The Morgan fingerprint density at radius 2 is 1.29 bits per heavy atom. The van der Waals surface area contributed by atoms with Crippen LogP contribution in [0.4, 0.5) is 0 Å². The number of amides is 2. The molecule has 0 unspecified atom stereocenters. The van der Waals surface area contributed by atoms with E-state index in [0.717, 1.165) is 37.9 Å². The molecule has 41 heavy (non-hydrogen) atoms. The van der Waals surface area contributed by atoms with E-state index in [9.17, 15) is 19.8 Å². The summed E-state index contributed by atoms with van der Waals surface area (Å²) in [5.41, 5.74) is 0. The Bertz CT molecular complexity index is 784. The Morgan fingerprint density at radius 1 is 0.756 bits per heavy atom. The van der Waals surface area contributed by atoms with Crippen molar-refractivity contribution in [3.63, 3.8) is 0 Å². The second-order valence-electron chi connectivity index (χ2n) is 15.1. The van der Waals surface area contributed by atoms with Gasteiger partial charge in [0.2, 0.25) is 11.8 Å². The Balaban J connectivity index is 1.71. The monoisotopic (exact) mass is 594 g/mol. The minimum Gasteiger partial charge on any atom is -0.390 e. The third kappa shape index (κ3) is 13.2. The van der Waals surface area contributed by atoms with E-state index in [-0.39, 0.29) is 28.4 Å². The SMILES string of the molecule is CC(C)C[C@H](O)[C@H](O)[C@H](CC1CCCCC1)NC(=O)[C@H](CC1CC1)NC(=O)[C@@H](CSC(C)(C)C)CC1CCCCC1. The largest absolute Gasteiger partial charge is 0.390 e. The van der Waals surface area contributed by atoms with Gasteiger partial charge in [-0.1, -0.05) is 112 Å². The zero-order valence-corrected chi connectivity index (χ0v) is 27.7. The molecule has 0 heterocycles. The van der Waals surface area contributed by atoms with Crippen molar-refractivity contribution in [2.45, 2.75) is 166 Å². The molecule has 3 rings (SSSR count). The first-order chi connectivity index (χ1) is 19.4. The third-order valence-electron chi connectivity index (χ3n) is 9.49. The lowest BCUT2D eigenvalue weighted by Crippen LogP contribution is -2.56. The smallest absolute Gasteiger partial charge is 0.242 e. The molecule has 0 aliphatic heterocycles. The predicted molar refractivity (Wildman–Crippen MR) is 171 cm³/mol. The molecule has 4 N–H and O–H groups in total. The lowest BCUT2D eigenvalue weighted by Gasteiger charge is -2.34. The number of hydrogen-bond acceptors (Lipinski definition) is 5. The molecule has 0 bridgehead atoms. The van der Waals surface area contributed by atoms with Gasteiger partial charge >= 0.3 is 0 Å². The summed E-state index contributed by atoms with van der Waals surface area (Å²) in [4.78, 5) is 27.7. The number of rotatable bonds is 16. The van der Waals surface area contributed by atoms with Gasteiger partial charge in [0.1, 0.15) is 12.1 Å². The zero-order valence-electron chi connectivity index (χ0n) is 26.8. The number of aliphatic hydroxyl groups is 2. The fraction of sp³-hybridized carbons (Fsp3) is 0.941. The van der Waals surface area contributed by atoms with Crippen LogP contribution in [0.2, 0.25) is 0 Å². The normalized spacial score (nSPS) is 23.0. The second-order valence-corrected chi connectivity index (χ2v) is 17.0. The molecule has 3 aliphatic rings. The minimum absolute atomic E-state index is 0.0114. The molecular formula is C34H62N2O4S. The van der Waals surface area contributed by atoms with Crippen LogP contribution in [0.25, 0.3) is 0 Å². The van der Waals surface area contributed by atoms with Crippen molar-refractivity contribution >= 4 is 23.6 Å². The van der Waals surface area contributed by atoms with Crippen LogP contribution in [-0.2, 0) is 9.59 Å². The average Bonchev–Trinajstić information content (AvgIpc) is 3.74. The standard InChI is InChI=1S/C34H62N2O4S/c1-23(2)18-30(37)31(38)28(20-25-14-10-7-11-15-25)35-33(40)29(21-26-16-17-26)36-32(39)27(22-41-34(3,4)5)19-24-12-8-6-9-13-24/h23-31,37-38H,6-22H2,1-5H3,(H,35,40)(H,36,39)/t27-,28+,29+,30+,31-/m1/s1. The van der Waals surface area contributed by atoms with Crippen LogP contribution >= 0.6 is 11.8 Å². The third-order valence-corrected chi connectivity index (χ3v) is 10.9. The number of thioether (sulfide) groups is 1. The highest BCUT2D eigenvalue weighted by Crippen LogP contribution is 2.36. The van der Waals surface area contributed by atoms with Crippen molar-refractivity contribution in [1.29, 1.82) is 0 Å². The van der Waals surface area contributed by atoms with Crippen LogP contribution in [0.5, 0.6) is 0 Å². The quantitative estimate of drug-likeness (QED) is 0.161. The maximum absolute atomic E-state index is 13.8. The Kier molecular flexibility index (Phi) is 14.3. The molecule has 0 radical (unpaired) electrons. The lowest BCUT2D eigenvalue weighted by molar-refractivity contribution is -0.132. The summed E-state index contributed by atoms with van der Waals surface area (Å²) in [6.07, 6.45) is 15.1. The number of carbonyl (C=O) groups excluding carboxylic acids is 2. The number of aliphatic hydroxyl groups excluding tert-OH is 2. The van der Waals surface area contributed by atoms with Crippen LogP contribution in [0, 0.1) is 29.6 Å². The van der Waals surface area contributed by atoms with Crippen molar-refractivity contribution < 1.29 is 19.8 Å². The van der Waals surface area contributed by atoms with E-state index in [1.54, 1.807) is 0 Å². The first kappa shape index (κ1) is 34.7. The summed E-state index contributed by atoms with van der Waals surface area (Å²) < 4.78 is 0.0786. The van der Waals surface area contributed by atoms with Crippen LogP contribution in [0.3, 0.4) is 0 Å². The topological polar surface area (TPSA) is 98.7 Å². The van der Waals surface area contributed by atoms with E-state index < -0.39 is 24.3 Å². The zero-order chi connectivity index (χ0) is 30.0. The molecule has 3 fully saturated rings. The Morgan fingerprint density at radius 3 is 1.80 bits per heavy atom. The lowest BCUT2D eigenvalue weighted by atomic mass is 9.82. The highest BCUT2D eigenvalue weighted by Gasteiger charge is 2.37. The van der Waals surface area contributed by atoms with E-state index in [1.165, 1.54) is 51.4 Å². The van der Waals surface area contributed by atoms with E-state index in [2.05, 4.69) is 31.4 Å². The van der Waals surface area contributed by atoms with E-state index >= 15 is 0 Å². The van der Waals surface area contributed by atoms with E-state index in [4.69, 9.17) is 0 Å². The van der Waals surface area contributed by atoms with Gasteiger partial charge in [-0.05, 0) is 49.4 Å². The minimum atomic E-state index is -1.01. The molecule has 0 aromatic rings. The molecular weight excluding hydrogens is 532 g/mol. The van der Waals surface area contributed by atoms with Crippen LogP contribution in [0.15, 0.2) is 0 Å². The Hall–Kier alpha value is -0.790. The summed E-state index contributed by atoms with van der Waals surface area (Å²) in [5, 5.41) is 28.4. The fourth-order valence-electron chi connectivity index (χ4n) is 6.87. The van der Waals surface area contributed by atoms with Crippen LogP contribution in [0.1, 0.15) is 137 Å². The maximum Gasteiger partial charge on any atom is 0.242 e. The van der Waals surface area contributed by atoms with Gasteiger partial charge in [-0.15, -0.1) is 0 Å². The summed E-state index contributed by atoms with van der Waals surface area (Å²) >= 11 is 1.84. The highest BCUT2D eigenvalue weighted by molar-refractivity contribution is 8.00. The second kappa shape index (κ2) is 16.9. The maximum atomic E-state index is 13.8. The van der Waals surface area contributed by atoms with Gasteiger partial charge in [-0.25, -0.2) is 0 Å². The molecule has 5 atom stereocenters. The molecule has 238 valence electrons. The summed E-state index contributed by atoms with van der Waals surface area (Å²) in [7, 11) is 0. The molecule has 7 heteroatoms. The van der Waals surface area contributed by atoms with E-state index in [0.29, 0.717) is 37.0 Å². The average molecular weight is 595 g/mol. The first-order valence-electron chi connectivity index (χ1n) is 17.0. The van der Waals surface area contributed by atoms with Gasteiger partial charge in [0, 0.05) is 16.4 Å². The van der Waals surface area contributed by atoms with Crippen LogP contribution in [-0.4, -0.2) is 56.8 Å². The van der Waals surface area contributed by atoms with Gasteiger partial charge in [0.15, 0.2) is 0 Å². The van der Waals surface area contributed by atoms with Crippen LogP contribution < -0.4 is 10.6 Å². The van der Waals surface area contributed by atoms with Crippen molar-refractivity contribution in [3.8, 4) is 0 Å². The first-order valence-corrected chi connectivity index (χ1v) is 18.0. The van der Waals surface area contributed by atoms with Gasteiger partial charge in [-0.3, -0.25) is 9.59 Å². The van der Waals surface area contributed by atoms with Crippen molar-refractivity contribution in [2.75, 3.05) is 5.75 Å².